The van der Waals surface area contributed by atoms with Crippen molar-refractivity contribution in [1.29, 1.82) is 0 Å². The van der Waals surface area contributed by atoms with Gasteiger partial charge in [-0.1, -0.05) is 18.2 Å². The zero-order chi connectivity index (χ0) is 21.2. The number of pyridine rings is 1. The van der Waals surface area contributed by atoms with E-state index in [9.17, 15) is 0 Å². The van der Waals surface area contributed by atoms with Crippen molar-refractivity contribution in [1.82, 2.24) is 15.2 Å². The number of nitrogens with zero attached hydrogens (tertiary/aromatic N) is 3. The number of halogens is 1. The molecule has 8 heteroatoms. The molecular weight excluding hydrogens is 507 g/mol. The van der Waals surface area contributed by atoms with E-state index in [0.717, 1.165) is 44.2 Å². The molecule has 1 N–H and O–H groups in total. The van der Waals surface area contributed by atoms with Crippen LogP contribution < -0.4 is 14.8 Å². The molecule has 1 unspecified atom stereocenters. The van der Waals surface area contributed by atoms with Gasteiger partial charge in [0.2, 0.25) is 5.88 Å². The topological polar surface area (TPSA) is 68.2 Å². The van der Waals surface area contributed by atoms with Crippen molar-refractivity contribution in [2.45, 2.75) is 26.8 Å². The van der Waals surface area contributed by atoms with E-state index in [2.05, 4.69) is 29.2 Å². The average molecular weight is 540 g/mol. The fraction of sp³-hybridized carbons (Fsp3) is 0.478. The van der Waals surface area contributed by atoms with E-state index in [1.165, 1.54) is 0 Å². The molecule has 7 nitrogen and oxygen atoms in total. The van der Waals surface area contributed by atoms with Crippen LogP contribution >= 0.6 is 24.0 Å². The minimum absolute atomic E-state index is 0. The summed E-state index contributed by atoms with van der Waals surface area (Å²) >= 11 is 0. The summed E-state index contributed by atoms with van der Waals surface area (Å²) in [4.78, 5) is 11.4. The number of rotatable bonds is 9. The van der Waals surface area contributed by atoms with Crippen LogP contribution in [0.25, 0.3) is 0 Å². The fourth-order valence-corrected chi connectivity index (χ4v) is 3.32. The highest BCUT2D eigenvalue weighted by atomic mass is 127. The van der Waals surface area contributed by atoms with Crippen LogP contribution in [-0.2, 0) is 11.3 Å². The van der Waals surface area contributed by atoms with Crippen LogP contribution in [-0.4, -0.2) is 55.8 Å². The van der Waals surface area contributed by atoms with E-state index in [0.29, 0.717) is 36.4 Å². The summed E-state index contributed by atoms with van der Waals surface area (Å²) in [6.07, 6.45) is 2.91. The summed E-state index contributed by atoms with van der Waals surface area (Å²) in [5, 5.41) is 3.36. The van der Waals surface area contributed by atoms with Crippen molar-refractivity contribution in [3.05, 3.63) is 48.2 Å². The predicted octanol–water partition coefficient (Wildman–Crippen LogP) is 4.32. The van der Waals surface area contributed by atoms with E-state index >= 15 is 0 Å². The number of hydrogen-bond acceptors (Lipinski definition) is 5. The summed E-state index contributed by atoms with van der Waals surface area (Å²) < 4.78 is 17.0. The molecule has 0 radical (unpaired) electrons. The van der Waals surface area contributed by atoms with Crippen molar-refractivity contribution >= 4 is 29.9 Å². The van der Waals surface area contributed by atoms with Gasteiger partial charge in [-0.05, 0) is 38.0 Å². The number of aromatic nitrogens is 1. The SMILES string of the molecule is CCNC(=NCc1ccc(Oc2ccccc2OCC)nc1)N(C)CC1CCOC1.I. The Labute approximate surface area is 202 Å². The Balaban J connectivity index is 0.00000341. The Morgan fingerprint density at radius 1 is 1.23 bits per heavy atom. The van der Waals surface area contributed by atoms with Gasteiger partial charge in [-0.25, -0.2) is 9.98 Å². The van der Waals surface area contributed by atoms with Gasteiger partial charge in [0.05, 0.1) is 19.8 Å². The van der Waals surface area contributed by atoms with Crippen LogP contribution in [0.5, 0.6) is 17.4 Å². The molecule has 1 aliphatic rings. The Morgan fingerprint density at radius 3 is 2.68 bits per heavy atom. The largest absolute Gasteiger partial charge is 0.490 e. The Kier molecular flexibility index (Phi) is 10.9. The summed E-state index contributed by atoms with van der Waals surface area (Å²) in [6, 6.07) is 11.4. The first-order valence-electron chi connectivity index (χ1n) is 10.6. The van der Waals surface area contributed by atoms with Crippen LogP contribution in [0, 0.1) is 5.92 Å². The number of guanidine groups is 1. The average Bonchev–Trinajstić information content (AvgIpc) is 3.27. The van der Waals surface area contributed by atoms with Crippen LogP contribution in [0.3, 0.4) is 0 Å². The molecule has 0 spiro atoms. The molecule has 1 aliphatic heterocycles. The summed E-state index contributed by atoms with van der Waals surface area (Å²) in [7, 11) is 2.07. The lowest BCUT2D eigenvalue weighted by Gasteiger charge is -2.24. The standard InChI is InChI=1S/C23H32N4O3.HI/c1-4-24-23(27(3)16-19-12-13-28-17-19)26-15-18-10-11-22(25-14-18)30-21-9-7-6-8-20(21)29-5-2;/h6-11,14,19H,4-5,12-13,15-17H2,1-3H3,(H,24,26);1H. The summed E-state index contributed by atoms with van der Waals surface area (Å²) in [6.45, 7) is 8.63. The van der Waals surface area contributed by atoms with E-state index in [1.807, 2.05) is 43.3 Å². The van der Waals surface area contributed by atoms with Gasteiger partial charge in [0, 0.05) is 44.9 Å². The molecule has 1 atom stereocenters. The Bertz CT molecular complexity index is 811. The van der Waals surface area contributed by atoms with Gasteiger partial charge in [-0.15, -0.1) is 24.0 Å². The number of benzene rings is 1. The fourth-order valence-electron chi connectivity index (χ4n) is 3.32. The maximum Gasteiger partial charge on any atom is 0.219 e. The first kappa shape index (κ1) is 25.2. The maximum atomic E-state index is 5.89. The molecule has 0 amide bonds. The van der Waals surface area contributed by atoms with Gasteiger partial charge < -0.3 is 24.4 Å². The molecule has 3 rings (SSSR count). The van der Waals surface area contributed by atoms with Gasteiger partial charge in [-0.2, -0.15) is 0 Å². The second-order valence-electron chi connectivity index (χ2n) is 7.27. The lowest BCUT2D eigenvalue weighted by atomic mass is 10.1. The van der Waals surface area contributed by atoms with Crippen LogP contribution in [0.15, 0.2) is 47.6 Å². The normalized spacial score (nSPS) is 15.8. The molecule has 170 valence electrons. The highest BCUT2D eigenvalue weighted by Gasteiger charge is 2.19. The van der Waals surface area contributed by atoms with E-state index in [-0.39, 0.29) is 24.0 Å². The Morgan fingerprint density at radius 2 is 2.03 bits per heavy atom. The van der Waals surface area contributed by atoms with Crippen LogP contribution in [0.2, 0.25) is 0 Å². The van der Waals surface area contributed by atoms with Gasteiger partial charge in [0.25, 0.3) is 0 Å². The molecule has 0 bridgehead atoms. The van der Waals surface area contributed by atoms with Crippen LogP contribution in [0.1, 0.15) is 25.8 Å². The quantitative estimate of drug-likeness (QED) is 0.290. The second-order valence-corrected chi connectivity index (χ2v) is 7.27. The molecule has 31 heavy (non-hydrogen) atoms. The molecule has 0 aliphatic carbocycles. The summed E-state index contributed by atoms with van der Waals surface area (Å²) in [5.74, 6) is 3.36. The third-order valence-corrected chi connectivity index (χ3v) is 4.83. The molecular formula is C23H33IN4O3. The predicted molar refractivity (Wildman–Crippen MR) is 134 cm³/mol. The number of nitrogens with one attached hydrogen (secondary N) is 1. The Hall–Kier alpha value is -2.07. The number of para-hydroxylation sites is 2. The van der Waals surface area contributed by atoms with Crippen molar-refractivity contribution in [3.63, 3.8) is 0 Å². The van der Waals surface area contributed by atoms with Gasteiger partial charge in [0.15, 0.2) is 17.5 Å². The van der Waals surface area contributed by atoms with E-state index < -0.39 is 0 Å². The highest BCUT2D eigenvalue weighted by molar-refractivity contribution is 14.0. The van der Waals surface area contributed by atoms with Crippen molar-refractivity contribution in [3.8, 4) is 17.4 Å². The van der Waals surface area contributed by atoms with E-state index in [4.69, 9.17) is 19.2 Å². The molecule has 1 aromatic heterocycles. The van der Waals surface area contributed by atoms with Gasteiger partial charge in [-0.3, -0.25) is 0 Å². The first-order chi connectivity index (χ1) is 14.7. The molecule has 0 saturated carbocycles. The smallest absolute Gasteiger partial charge is 0.219 e. The van der Waals surface area contributed by atoms with Gasteiger partial charge in [0.1, 0.15) is 0 Å². The molecule has 1 saturated heterocycles. The molecule has 1 fully saturated rings. The van der Waals surface area contributed by atoms with Gasteiger partial charge >= 0.3 is 0 Å². The second kappa shape index (κ2) is 13.4. The maximum absolute atomic E-state index is 5.89. The third-order valence-electron chi connectivity index (χ3n) is 4.83. The summed E-state index contributed by atoms with van der Waals surface area (Å²) in [5.41, 5.74) is 1.02. The van der Waals surface area contributed by atoms with Crippen molar-refractivity contribution in [2.24, 2.45) is 10.9 Å². The first-order valence-corrected chi connectivity index (χ1v) is 10.6. The lowest BCUT2D eigenvalue weighted by molar-refractivity contribution is 0.181. The van der Waals surface area contributed by atoms with Crippen molar-refractivity contribution in [2.75, 3.05) is 40.0 Å². The molecule has 2 heterocycles. The zero-order valence-corrected chi connectivity index (χ0v) is 20.9. The van der Waals surface area contributed by atoms with E-state index in [1.54, 1.807) is 6.20 Å². The number of aliphatic imine (C=N–C) groups is 1. The monoisotopic (exact) mass is 540 g/mol. The number of ether oxygens (including phenoxy) is 3. The van der Waals surface area contributed by atoms with Crippen molar-refractivity contribution < 1.29 is 14.2 Å². The van der Waals surface area contributed by atoms with Crippen LogP contribution in [0.4, 0.5) is 0 Å². The third kappa shape index (κ3) is 7.84. The highest BCUT2D eigenvalue weighted by Crippen LogP contribution is 2.30. The minimum Gasteiger partial charge on any atom is -0.490 e. The minimum atomic E-state index is 0. The lowest BCUT2D eigenvalue weighted by Crippen LogP contribution is -2.41. The molecule has 2 aromatic rings. The zero-order valence-electron chi connectivity index (χ0n) is 18.5. The molecule has 1 aromatic carbocycles. The number of hydrogen-bond donors (Lipinski definition) is 1.